The van der Waals surface area contributed by atoms with Gasteiger partial charge in [0.1, 0.15) is 11.8 Å². The molecule has 0 saturated carbocycles. The molecule has 0 atom stereocenters. The highest BCUT2D eigenvalue weighted by Gasteiger charge is 2.14. The highest BCUT2D eigenvalue weighted by Crippen LogP contribution is 2.15. The lowest BCUT2D eigenvalue weighted by Crippen LogP contribution is -2.14. The number of rotatable bonds is 3. The summed E-state index contributed by atoms with van der Waals surface area (Å²) >= 11 is 0. The smallest absolute Gasteiger partial charge is 0.267 e. The molecule has 0 saturated heterocycles. The minimum atomic E-state index is -0.605. The summed E-state index contributed by atoms with van der Waals surface area (Å²) in [5, 5.41) is 3.48. The van der Waals surface area contributed by atoms with Crippen molar-refractivity contribution in [2.24, 2.45) is 5.73 Å². The zero-order valence-electron chi connectivity index (χ0n) is 6.90. The third kappa shape index (κ3) is 1.75. The van der Waals surface area contributed by atoms with Crippen LogP contribution in [0.15, 0.2) is 10.8 Å². The first-order valence-electron chi connectivity index (χ1n) is 3.52. The maximum absolute atomic E-state index is 10.7. The Kier molecular flexibility index (Phi) is 2.32. The van der Waals surface area contributed by atoms with Crippen LogP contribution in [0.1, 0.15) is 24.2 Å². The summed E-state index contributed by atoms with van der Waals surface area (Å²) in [6.45, 7) is 3.64. The van der Waals surface area contributed by atoms with Crippen LogP contribution in [-0.2, 0) is 0 Å². The van der Waals surface area contributed by atoms with Gasteiger partial charge in [-0.2, -0.15) is 0 Å². The molecule has 5 heteroatoms. The highest BCUT2D eigenvalue weighted by molar-refractivity contribution is 5.94. The van der Waals surface area contributed by atoms with Gasteiger partial charge in [0, 0.05) is 0 Å². The first-order valence-corrected chi connectivity index (χ1v) is 3.52. The van der Waals surface area contributed by atoms with E-state index in [1.54, 1.807) is 0 Å². The lowest BCUT2D eigenvalue weighted by Gasteiger charge is -2.05. The summed E-state index contributed by atoms with van der Waals surface area (Å²) < 4.78 is 9.67. The molecule has 0 aliphatic heterocycles. The van der Waals surface area contributed by atoms with E-state index < -0.39 is 5.91 Å². The van der Waals surface area contributed by atoms with Gasteiger partial charge in [-0.25, -0.2) is 0 Å². The van der Waals surface area contributed by atoms with Crippen LogP contribution in [0.5, 0.6) is 5.88 Å². The topological polar surface area (TPSA) is 78.3 Å². The second kappa shape index (κ2) is 3.25. The predicted octanol–water partition coefficient (Wildman–Crippen LogP) is 0.561. The number of amides is 1. The fraction of sp³-hybridized carbons (Fsp3) is 0.429. The van der Waals surface area contributed by atoms with Crippen LogP contribution in [0.3, 0.4) is 0 Å². The molecule has 0 spiro atoms. The van der Waals surface area contributed by atoms with E-state index >= 15 is 0 Å². The monoisotopic (exact) mass is 170 g/mol. The molecular formula is C7H10N2O3. The second-order valence-corrected chi connectivity index (χ2v) is 2.56. The maximum Gasteiger partial charge on any atom is 0.267 e. The van der Waals surface area contributed by atoms with Gasteiger partial charge in [-0.05, 0) is 19.0 Å². The zero-order valence-corrected chi connectivity index (χ0v) is 6.90. The molecule has 1 aromatic rings. The number of hydrogen-bond donors (Lipinski definition) is 1. The maximum atomic E-state index is 10.7. The number of primary amides is 1. The minimum absolute atomic E-state index is 0.0619. The van der Waals surface area contributed by atoms with Crippen molar-refractivity contribution in [3.8, 4) is 5.88 Å². The Morgan fingerprint density at radius 3 is 2.92 bits per heavy atom. The minimum Gasteiger partial charge on any atom is -0.472 e. The van der Waals surface area contributed by atoms with Crippen molar-refractivity contribution in [2.45, 2.75) is 20.0 Å². The van der Waals surface area contributed by atoms with E-state index in [-0.39, 0.29) is 17.5 Å². The Bertz CT molecular complexity index is 280. The Labute approximate surface area is 69.5 Å². The molecular weight excluding hydrogens is 160 g/mol. The molecule has 0 aromatic carbocycles. The van der Waals surface area contributed by atoms with Gasteiger partial charge in [0.25, 0.3) is 11.8 Å². The summed E-state index contributed by atoms with van der Waals surface area (Å²) in [4.78, 5) is 10.7. The van der Waals surface area contributed by atoms with Gasteiger partial charge in [-0.15, -0.1) is 0 Å². The average Bonchev–Trinajstić information content (AvgIpc) is 2.33. The average molecular weight is 170 g/mol. The van der Waals surface area contributed by atoms with Gasteiger partial charge >= 0.3 is 0 Å². The van der Waals surface area contributed by atoms with Crippen LogP contribution < -0.4 is 10.5 Å². The summed E-state index contributed by atoms with van der Waals surface area (Å²) in [6, 6.07) is 0. The molecule has 12 heavy (non-hydrogen) atoms. The summed E-state index contributed by atoms with van der Waals surface area (Å²) in [7, 11) is 0. The highest BCUT2D eigenvalue weighted by atomic mass is 16.5. The largest absolute Gasteiger partial charge is 0.472 e. The predicted molar refractivity (Wildman–Crippen MR) is 40.8 cm³/mol. The number of hydrogen-bond acceptors (Lipinski definition) is 4. The second-order valence-electron chi connectivity index (χ2n) is 2.56. The fourth-order valence-corrected chi connectivity index (χ4v) is 0.698. The summed E-state index contributed by atoms with van der Waals surface area (Å²) in [6.07, 6.45) is 1.10. The number of nitrogens with two attached hydrogens (primary N) is 1. The van der Waals surface area contributed by atoms with Crippen molar-refractivity contribution in [1.29, 1.82) is 0 Å². The van der Waals surface area contributed by atoms with Crippen molar-refractivity contribution >= 4 is 5.91 Å². The standard InChI is InChI=1S/C7H10N2O3/c1-4(2)12-7-5(6(8)10)3-11-9-7/h3-4H,1-2H3,(H2,8,10). The lowest BCUT2D eigenvalue weighted by molar-refractivity contribution is 0.0994. The zero-order chi connectivity index (χ0) is 9.14. The van der Waals surface area contributed by atoms with Crippen molar-refractivity contribution in [1.82, 2.24) is 5.16 Å². The van der Waals surface area contributed by atoms with Gasteiger partial charge in [0.15, 0.2) is 0 Å². The molecule has 1 amide bonds. The van der Waals surface area contributed by atoms with E-state index in [0.717, 1.165) is 0 Å². The number of carbonyl (C=O) groups excluding carboxylic acids is 1. The third-order valence-corrected chi connectivity index (χ3v) is 1.15. The van der Waals surface area contributed by atoms with Crippen molar-refractivity contribution in [3.63, 3.8) is 0 Å². The van der Waals surface area contributed by atoms with Crippen LogP contribution in [0, 0.1) is 0 Å². The molecule has 1 heterocycles. The normalized spacial score (nSPS) is 10.2. The van der Waals surface area contributed by atoms with E-state index in [1.807, 2.05) is 13.8 Å². The van der Waals surface area contributed by atoms with Crippen molar-refractivity contribution < 1.29 is 14.1 Å². The molecule has 1 rings (SSSR count). The number of ether oxygens (including phenoxy) is 1. The van der Waals surface area contributed by atoms with Gasteiger partial charge in [0.2, 0.25) is 0 Å². The number of nitrogens with zero attached hydrogens (tertiary/aromatic N) is 1. The first-order chi connectivity index (χ1) is 5.61. The van der Waals surface area contributed by atoms with Gasteiger partial charge < -0.3 is 15.0 Å². The van der Waals surface area contributed by atoms with Gasteiger partial charge in [-0.1, -0.05) is 0 Å². The molecule has 66 valence electrons. The lowest BCUT2D eigenvalue weighted by atomic mass is 10.3. The third-order valence-electron chi connectivity index (χ3n) is 1.15. The quantitative estimate of drug-likeness (QED) is 0.718. The van der Waals surface area contributed by atoms with Gasteiger partial charge in [-0.3, -0.25) is 4.79 Å². The molecule has 0 fully saturated rings. The Balaban J connectivity index is 2.84. The number of aromatic nitrogens is 1. The van der Waals surface area contributed by atoms with E-state index in [4.69, 9.17) is 10.5 Å². The van der Waals surface area contributed by atoms with Crippen LogP contribution in [-0.4, -0.2) is 17.2 Å². The molecule has 0 bridgehead atoms. The van der Waals surface area contributed by atoms with E-state index in [9.17, 15) is 4.79 Å². The van der Waals surface area contributed by atoms with Crippen molar-refractivity contribution in [3.05, 3.63) is 11.8 Å². The summed E-state index contributed by atoms with van der Waals surface area (Å²) in [5.41, 5.74) is 5.19. The molecule has 2 N–H and O–H groups in total. The molecule has 0 aliphatic rings. The molecule has 0 unspecified atom stereocenters. The SMILES string of the molecule is CC(C)Oc1nocc1C(N)=O. The molecule has 0 aliphatic carbocycles. The Morgan fingerprint density at radius 1 is 1.75 bits per heavy atom. The molecule has 1 aromatic heterocycles. The number of carbonyl (C=O) groups is 1. The fourth-order valence-electron chi connectivity index (χ4n) is 0.698. The van der Waals surface area contributed by atoms with Crippen LogP contribution >= 0.6 is 0 Å². The van der Waals surface area contributed by atoms with Gasteiger partial charge in [0.05, 0.1) is 6.10 Å². The van der Waals surface area contributed by atoms with Crippen LogP contribution in [0.2, 0.25) is 0 Å². The Hall–Kier alpha value is -1.52. The van der Waals surface area contributed by atoms with Crippen LogP contribution in [0.4, 0.5) is 0 Å². The van der Waals surface area contributed by atoms with Crippen LogP contribution in [0.25, 0.3) is 0 Å². The van der Waals surface area contributed by atoms with E-state index in [1.165, 1.54) is 6.26 Å². The molecule has 0 radical (unpaired) electrons. The Morgan fingerprint density at radius 2 is 2.42 bits per heavy atom. The van der Waals surface area contributed by atoms with E-state index in [2.05, 4.69) is 9.68 Å². The summed E-state index contributed by atoms with van der Waals surface area (Å²) in [5.74, 6) is -0.454. The molecule has 5 nitrogen and oxygen atoms in total. The van der Waals surface area contributed by atoms with E-state index in [0.29, 0.717) is 0 Å². The first kappa shape index (κ1) is 8.58. The van der Waals surface area contributed by atoms with Crippen molar-refractivity contribution in [2.75, 3.05) is 0 Å².